The molecular weight excluding hydrogens is 262 g/mol. The molecule has 0 radical (unpaired) electrons. The minimum atomic E-state index is -0.770. The molecule has 3 N–H and O–H groups in total. The minimum absolute atomic E-state index is 0.0230. The average molecular weight is 285 g/mol. The van der Waals surface area contributed by atoms with Crippen molar-refractivity contribution in [2.75, 3.05) is 33.3 Å². The molecule has 20 heavy (non-hydrogen) atoms. The second kappa shape index (κ2) is 6.90. The van der Waals surface area contributed by atoms with Crippen LogP contribution in [0.5, 0.6) is 0 Å². The number of amides is 2. The largest absolute Gasteiger partial charge is 0.481 e. The van der Waals surface area contributed by atoms with Gasteiger partial charge in [0.2, 0.25) is 0 Å². The Hall–Kier alpha value is -1.34. The Balaban J connectivity index is 1.64. The molecule has 2 aliphatic rings. The summed E-state index contributed by atoms with van der Waals surface area (Å²) >= 11 is 0. The van der Waals surface area contributed by atoms with Crippen LogP contribution in [0.3, 0.4) is 0 Å². The Kier molecular flexibility index (Phi) is 5.19. The van der Waals surface area contributed by atoms with Gasteiger partial charge in [0.15, 0.2) is 0 Å². The number of nitrogens with zero attached hydrogens (tertiary/aromatic N) is 1. The smallest absolute Gasteiger partial charge is 0.315 e. The summed E-state index contributed by atoms with van der Waals surface area (Å²) < 4.78 is 5.56. The van der Waals surface area contributed by atoms with Crippen LogP contribution in [-0.2, 0) is 9.53 Å². The van der Waals surface area contributed by atoms with Crippen LogP contribution in [0.25, 0.3) is 0 Å². The molecular formula is C13H23N3O4. The molecule has 7 nitrogen and oxygen atoms in total. The Morgan fingerprint density at radius 2 is 2.20 bits per heavy atom. The second-order valence-corrected chi connectivity index (χ2v) is 5.65. The van der Waals surface area contributed by atoms with Gasteiger partial charge in [0.1, 0.15) is 0 Å². The van der Waals surface area contributed by atoms with E-state index in [1.165, 1.54) is 0 Å². The first kappa shape index (κ1) is 15.1. The molecule has 7 heteroatoms. The molecule has 1 aliphatic heterocycles. The van der Waals surface area contributed by atoms with Crippen LogP contribution in [-0.4, -0.2) is 67.4 Å². The van der Waals surface area contributed by atoms with Crippen molar-refractivity contribution in [2.24, 2.45) is 5.92 Å². The van der Waals surface area contributed by atoms with Gasteiger partial charge in [-0.15, -0.1) is 0 Å². The first-order valence-electron chi connectivity index (χ1n) is 7.12. The van der Waals surface area contributed by atoms with Crippen LogP contribution in [0.2, 0.25) is 0 Å². The number of morpholine rings is 1. The summed E-state index contributed by atoms with van der Waals surface area (Å²) in [5.74, 6) is -1.09. The third kappa shape index (κ3) is 4.35. The summed E-state index contributed by atoms with van der Waals surface area (Å²) in [7, 11) is 2.03. The molecule has 2 rings (SSSR count). The molecule has 1 heterocycles. The number of likely N-dealkylation sites (N-methyl/N-ethyl adjacent to an activating group) is 1. The lowest BCUT2D eigenvalue weighted by molar-refractivity contribution is -0.141. The van der Waals surface area contributed by atoms with Crippen molar-refractivity contribution in [2.45, 2.75) is 31.4 Å². The number of ether oxygens (including phenoxy) is 1. The molecule has 114 valence electrons. The zero-order chi connectivity index (χ0) is 14.5. The van der Waals surface area contributed by atoms with Crippen LogP contribution in [0, 0.1) is 5.92 Å². The number of aliphatic carboxylic acids is 1. The molecule has 1 saturated heterocycles. The van der Waals surface area contributed by atoms with Crippen molar-refractivity contribution in [3.63, 3.8) is 0 Å². The van der Waals surface area contributed by atoms with Gasteiger partial charge < -0.3 is 25.4 Å². The highest BCUT2D eigenvalue weighted by Gasteiger charge is 2.30. The normalized spacial score (nSPS) is 30.9. The molecule has 3 unspecified atom stereocenters. The van der Waals surface area contributed by atoms with E-state index in [1.54, 1.807) is 0 Å². The molecule has 3 atom stereocenters. The van der Waals surface area contributed by atoms with Crippen LogP contribution in [0.15, 0.2) is 0 Å². The third-order valence-corrected chi connectivity index (χ3v) is 3.95. The topological polar surface area (TPSA) is 90.9 Å². The fraction of sp³-hybridized carbons (Fsp3) is 0.846. The van der Waals surface area contributed by atoms with Gasteiger partial charge in [-0.05, 0) is 26.3 Å². The highest BCUT2D eigenvalue weighted by molar-refractivity contribution is 5.75. The Bertz CT molecular complexity index is 364. The van der Waals surface area contributed by atoms with Crippen molar-refractivity contribution in [3.05, 3.63) is 0 Å². The molecule has 1 saturated carbocycles. The molecule has 0 bridgehead atoms. The summed E-state index contributed by atoms with van der Waals surface area (Å²) in [4.78, 5) is 24.8. The van der Waals surface area contributed by atoms with Crippen LogP contribution < -0.4 is 10.6 Å². The van der Waals surface area contributed by atoms with Crippen LogP contribution in [0.4, 0.5) is 4.79 Å². The fourth-order valence-electron chi connectivity index (χ4n) is 2.77. The van der Waals surface area contributed by atoms with Gasteiger partial charge in [-0.3, -0.25) is 4.79 Å². The van der Waals surface area contributed by atoms with E-state index in [2.05, 4.69) is 15.5 Å². The predicted molar refractivity (Wildman–Crippen MR) is 72.5 cm³/mol. The zero-order valence-corrected chi connectivity index (χ0v) is 11.8. The summed E-state index contributed by atoms with van der Waals surface area (Å²) in [6.07, 6.45) is 1.91. The maximum Gasteiger partial charge on any atom is 0.315 e. The summed E-state index contributed by atoms with van der Waals surface area (Å²) in [5, 5.41) is 14.5. The lowest BCUT2D eigenvalue weighted by Crippen LogP contribution is -2.49. The van der Waals surface area contributed by atoms with Gasteiger partial charge in [-0.25, -0.2) is 4.79 Å². The highest BCUT2D eigenvalue weighted by Crippen LogP contribution is 2.25. The van der Waals surface area contributed by atoms with E-state index in [4.69, 9.17) is 9.84 Å². The van der Waals surface area contributed by atoms with Crippen molar-refractivity contribution < 1.29 is 19.4 Å². The van der Waals surface area contributed by atoms with Crippen LogP contribution in [0.1, 0.15) is 19.3 Å². The Morgan fingerprint density at radius 1 is 1.40 bits per heavy atom. The van der Waals surface area contributed by atoms with Crippen molar-refractivity contribution >= 4 is 12.0 Å². The van der Waals surface area contributed by atoms with Gasteiger partial charge in [0.05, 0.1) is 18.6 Å². The summed E-state index contributed by atoms with van der Waals surface area (Å²) in [6.45, 7) is 2.89. The standard InChI is InChI=1S/C13H23N3O4/c1-16-4-5-20-11(8-16)7-14-13(19)15-10-3-2-9(6-10)12(17)18/h9-11H,2-8H2,1H3,(H,17,18)(H2,14,15,19). The Labute approximate surface area is 118 Å². The van der Waals surface area contributed by atoms with Crippen molar-refractivity contribution in [3.8, 4) is 0 Å². The summed E-state index contributed by atoms with van der Waals surface area (Å²) in [6, 6.07) is -0.274. The van der Waals surface area contributed by atoms with Gasteiger partial charge in [0.25, 0.3) is 0 Å². The van der Waals surface area contributed by atoms with E-state index in [9.17, 15) is 9.59 Å². The van der Waals surface area contributed by atoms with Gasteiger partial charge in [0, 0.05) is 25.7 Å². The van der Waals surface area contributed by atoms with Crippen molar-refractivity contribution in [1.82, 2.24) is 15.5 Å². The third-order valence-electron chi connectivity index (χ3n) is 3.95. The fourth-order valence-corrected chi connectivity index (χ4v) is 2.77. The average Bonchev–Trinajstić information content (AvgIpc) is 2.85. The number of carbonyl (C=O) groups is 2. The van der Waals surface area contributed by atoms with E-state index in [1.807, 2.05) is 7.05 Å². The van der Waals surface area contributed by atoms with E-state index in [0.29, 0.717) is 26.0 Å². The number of hydrogen-bond acceptors (Lipinski definition) is 4. The van der Waals surface area contributed by atoms with Crippen molar-refractivity contribution in [1.29, 1.82) is 0 Å². The molecule has 1 aliphatic carbocycles. The first-order valence-corrected chi connectivity index (χ1v) is 7.12. The number of carboxylic acids is 1. The lowest BCUT2D eigenvalue weighted by atomic mass is 10.1. The second-order valence-electron chi connectivity index (χ2n) is 5.65. The number of carbonyl (C=O) groups excluding carboxylic acids is 1. The van der Waals surface area contributed by atoms with E-state index >= 15 is 0 Å². The maximum absolute atomic E-state index is 11.8. The molecule has 0 aromatic carbocycles. The number of rotatable bonds is 4. The van der Waals surface area contributed by atoms with Gasteiger partial charge in [-0.1, -0.05) is 0 Å². The SMILES string of the molecule is CN1CCOC(CNC(=O)NC2CCC(C(=O)O)C2)C1. The lowest BCUT2D eigenvalue weighted by Gasteiger charge is -2.30. The zero-order valence-electron chi connectivity index (χ0n) is 11.8. The quantitative estimate of drug-likeness (QED) is 0.669. The van der Waals surface area contributed by atoms with Gasteiger partial charge in [-0.2, -0.15) is 0 Å². The highest BCUT2D eigenvalue weighted by atomic mass is 16.5. The van der Waals surface area contributed by atoms with E-state index in [0.717, 1.165) is 19.5 Å². The van der Waals surface area contributed by atoms with Crippen LogP contribution >= 0.6 is 0 Å². The Morgan fingerprint density at radius 3 is 2.85 bits per heavy atom. The first-order chi connectivity index (χ1) is 9.54. The minimum Gasteiger partial charge on any atom is -0.481 e. The predicted octanol–water partition coefficient (Wildman–Crippen LogP) is -0.130. The van der Waals surface area contributed by atoms with E-state index < -0.39 is 5.97 Å². The maximum atomic E-state index is 11.8. The number of hydrogen-bond donors (Lipinski definition) is 3. The number of urea groups is 1. The summed E-state index contributed by atoms with van der Waals surface area (Å²) in [5.41, 5.74) is 0. The van der Waals surface area contributed by atoms with E-state index in [-0.39, 0.29) is 24.1 Å². The van der Waals surface area contributed by atoms with Gasteiger partial charge >= 0.3 is 12.0 Å². The molecule has 2 fully saturated rings. The monoisotopic (exact) mass is 285 g/mol. The number of nitrogens with one attached hydrogen (secondary N) is 2. The molecule has 0 spiro atoms. The molecule has 2 amide bonds. The number of carboxylic acid groups (broad SMARTS) is 1. The molecule has 0 aromatic rings. The molecule has 0 aromatic heterocycles.